The first-order chi connectivity index (χ1) is 18.2. The Morgan fingerprint density at radius 1 is 1.26 bits per heavy atom. The number of benzene rings is 3. The van der Waals surface area contributed by atoms with Gasteiger partial charge in [-0.1, -0.05) is 69.7 Å². The van der Waals surface area contributed by atoms with E-state index < -0.39 is 33.9 Å². The SMILES string of the molecule is CCOC(=O)C1=C(C)N=c2s/c(=C/c3cc(Br)cc([N+](=O)[O-])c3O)c(=O)n2C1c1cccc2ccccc12. The number of aromatic hydroxyl groups is 1. The van der Waals surface area contributed by atoms with Crippen molar-refractivity contribution in [2.45, 2.75) is 19.9 Å². The number of thiazole rings is 1. The number of hydrogen-bond acceptors (Lipinski definition) is 8. The van der Waals surface area contributed by atoms with Crippen LogP contribution >= 0.6 is 27.3 Å². The smallest absolute Gasteiger partial charge is 0.338 e. The van der Waals surface area contributed by atoms with Crippen molar-refractivity contribution in [3.63, 3.8) is 0 Å². The number of nitrogens with zero attached hydrogens (tertiary/aromatic N) is 3. The lowest BCUT2D eigenvalue weighted by atomic mass is 9.91. The van der Waals surface area contributed by atoms with Gasteiger partial charge in [0.1, 0.15) is 0 Å². The van der Waals surface area contributed by atoms with Crippen LogP contribution in [0.25, 0.3) is 16.8 Å². The van der Waals surface area contributed by atoms with Gasteiger partial charge < -0.3 is 9.84 Å². The molecule has 0 saturated carbocycles. The molecule has 0 amide bonds. The topological polar surface area (TPSA) is 124 Å². The van der Waals surface area contributed by atoms with Crippen LogP contribution in [0.15, 0.2) is 80.1 Å². The van der Waals surface area contributed by atoms with E-state index in [9.17, 15) is 24.8 Å². The molecule has 5 rings (SSSR count). The van der Waals surface area contributed by atoms with Gasteiger partial charge in [-0.2, -0.15) is 0 Å². The summed E-state index contributed by atoms with van der Waals surface area (Å²) < 4.78 is 7.36. The van der Waals surface area contributed by atoms with E-state index in [1.165, 1.54) is 22.8 Å². The maximum Gasteiger partial charge on any atom is 0.338 e. The van der Waals surface area contributed by atoms with Crippen molar-refractivity contribution in [2.75, 3.05) is 6.61 Å². The van der Waals surface area contributed by atoms with Crippen molar-refractivity contribution < 1.29 is 19.6 Å². The Balaban J connectivity index is 1.81. The number of allylic oxidation sites excluding steroid dienone is 1. The number of fused-ring (bicyclic) bond motifs is 2. The van der Waals surface area contributed by atoms with Gasteiger partial charge in [-0.15, -0.1) is 0 Å². The van der Waals surface area contributed by atoms with Crippen molar-refractivity contribution >= 4 is 55.8 Å². The predicted octanol–water partition coefficient (Wildman–Crippen LogP) is 4.33. The normalized spacial score (nSPS) is 15.3. The van der Waals surface area contributed by atoms with Gasteiger partial charge >= 0.3 is 11.7 Å². The fourth-order valence-electron chi connectivity index (χ4n) is 4.57. The summed E-state index contributed by atoms with van der Waals surface area (Å²) >= 11 is 4.29. The second kappa shape index (κ2) is 9.99. The van der Waals surface area contributed by atoms with Crippen LogP contribution in [-0.2, 0) is 9.53 Å². The highest BCUT2D eigenvalue weighted by Gasteiger charge is 2.34. The molecule has 1 aliphatic heterocycles. The molecule has 38 heavy (non-hydrogen) atoms. The number of nitro groups is 1. The molecule has 0 fully saturated rings. The molecule has 1 aromatic heterocycles. The Morgan fingerprint density at radius 3 is 2.74 bits per heavy atom. The van der Waals surface area contributed by atoms with Gasteiger partial charge in [-0.3, -0.25) is 19.5 Å². The lowest BCUT2D eigenvalue weighted by Gasteiger charge is -2.25. The first-order valence-corrected chi connectivity index (χ1v) is 13.2. The minimum atomic E-state index is -0.816. The van der Waals surface area contributed by atoms with Gasteiger partial charge in [-0.25, -0.2) is 9.79 Å². The molecule has 9 nitrogen and oxygen atoms in total. The zero-order valence-corrected chi connectivity index (χ0v) is 22.6. The Kier molecular flexibility index (Phi) is 6.72. The number of esters is 1. The molecule has 0 radical (unpaired) electrons. The summed E-state index contributed by atoms with van der Waals surface area (Å²) in [5.41, 5.74) is 0.558. The van der Waals surface area contributed by atoms with Gasteiger partial charge in [0.15, 0.2) is 4.80 Å². The zero-order chi connectivity index (χ0) is 27.1. The summed E-state index contributed by atoms with van der Waals surface area (Å²) in [7, 11) is 0. The van der Waals surface area contributed by atoms with Crippen LogP contribution in [-0.4, -0.2) is 27.2 Å². The molecule has 0 aliphatic carbocycles. The molecule has 11 heteroatoms. The number of phenolic OH excluding ortho intramolecular Hbond substituents is 1. The highest BCUT2D eigenvalue weighted by molar-refractivity contribution is 9.10. The van der Waals surface area contributed by atoms with Crippen molar-refractivity contribution in [3.05, 3.63) is 111 Å². The molecule has 2 heterocycles. The van der Waals surface area contributed by atoms with Crippen LogP contribution in [0.1, 0.15) is 31.0 Å². The van der Waals surface area contributed by atoms with Crippen LogP contribution in [0.3, 0.4) is 0 Å². The lowest BCUT2D eigenvalue weighted by Crippen LogP contribution is -2.40. The number of phenols is 1. The highest BCUT2D eigenvalue weighted by atomic mass is 79.9. The first-order valence-electron chi connectivity index (χ1n) is 11.6. The largest absolute Gasteiger partial charge is 0.502 e. The molecular formula is C27H20BrN3O6S. The zero-order valence-electron chi connectivity index (χ0n) is 20.2. The Morgan fingerprint density at radius 2 is 2.00 bits per heavy atom. The van der Waals surface area contributed by atoms with Gasteiger partial charge in [0.25, 0.3) is 5.56 Å². The second-order valence-electron chi connectivity index (χ2n) is 8.49. The van der Waals surface area contributed by atoms with Crippen molar-refractivity contribution in [3.8, 4) is 5.75 Å². The lowest BCUT2D eigenvalue weighted by molar-refractivity contribution is -0.385. The number of halogens is 1. The maximum absolute atomic E-state index is 13.9. The maximum atomic E-state index is 13.9. The van der Waals surface area contributed by atoms with E-state index in [0.29, 0.717) is 15.0 Å². The average molecular weight is 594 g/mol. The molecule has 192 valence electrons. The molecule has 1 N–H and O–H groups in total. The van der Waals surface area contributed by atoms with Gasteiger partial charge in [0, 0.05) is 16.1 Å². The molecule has 1 aliphatic rings. The molecule has 1 atom stereocenters. The Bertz CT molecular complexity index is 1850. The van der Waals surface area contributed by atoms with Crippen LogP contribution in [0, 0.1) is 10.1 Å². The van der Waals surface area contributed by atoms with Crippen LogP contribution < -0.4 is 14.9 Å². The molecule has 0 spiro atoms. The van der Waals surface area contributed by atoms with Crippen molar-refractivity contribution in [1.82, 2.24) is 4.57 Å². The molecule has 0 saturated heterocycles. The van der Waals surface area contributed by atoms with Crippen molar-refractivity contribution in [2.24, 2.45) is 4.99 Å². The van der Waals surface area contributed by atoms with E-state index in [4.69, 9.17) is 4.74 Å². The van der Waals surface area contributed by atoms with E-state index in [0.717, 1.165) is 27.7 Å². The Hall–Kier alpha value is -4.09. The molecule has 0 bridgehead atoms. The molecular weight excluding hydrogens is 574 g/mol. The fraction of sp³-hybridized carbons (Fsp3) is 0.148. The second-order valence-corrected chi connectivity index (χ2v) is 10.4. The quantitative estimate of drug-likeness (QED) is 0.209. The third-order valence-corrected chi connectivity index (χ3v) is 7.64. The van der Waals surface area contributed by atoms with E-state index >= 15 is 0 Å². The van der Waals surface area contributed by atoms with Crippen LogP contribution in [0.4, 0.5) is 5.69 Å². The number of nitro benzene ring substituents is 1. The number of carbonyl (C=O) groups is 1. The summed E-state index contributed by atoms with van der Waals surface area (Å²) in [6.45, 7) is 3.56. The standard InChI is InChI=1S/C27H20BrN3O6S/c1-3-37-26(34)22-14(2)29-27-30(23(22)19-10-6-8-15-7-4-5-9-18(15)19)25(33)21(38-27)12-16-11-17(28)13-20(24(16)32)31(35)36/h4-13,23,32H,3H2,1-2H3/b21-12+. The molecule has 1 unspecified atom stereocenters. The predicted molar refractivity (Wildman–Crippen MR) is 147 cm³/mol. The van der Waals surface area contributed by atoms with Crippen molar-refractivity contribution in [1.29, 1.82) is 0 Å². The number of carbonyl (C=O) groups excluding carboxylic acids is 1. The van der Waals surface area contributed by atoms with E-state index in [1.807, 2.05) is 42.5 Å². The monoisotopic (exact) mass is 593 g/mol. The third-order valence-electron chi connectivity index (χ3n) is 6.20. The first kappa shape index (κ1) is 25.6. The van der Waals surface area contributed by atoms with Gasteiger partial charge in [0.2, 0.25) is 5.75 Å². The third kappa shape index (κ3) is 4.33. The average Bonchev–Trinajstić information content (AvgIpc) is 3.19. The van der Waals surface area contributed by atoms with Crippen LogP contribution in [0.2, 0.25) is 0 Å². The number of rotatable bonds is 5. The molecule has 4 aromatic rings. The number of hydrogen-bond donors (Lipinski definition) is 1. The van der Waals surface area contributed by atoms with Gasteiger partial charge in [0.05, 0.1) is 33.4 Å². The van der Waals surface area contributed by atoms with Crippen LogP contribution in [0.5, 0.6) is 5.75 Å². The highest BCUT2D eigenvalue weighted by Crippen LogP contribution is 2.36. The minimum absolute atomic E-state index is 0.0966. The number of aromatic nitrogens is 1. The molecule has 3 aromatic carbocycles. The number of ether oxygens (including phenoxy) is 1. The summed E-state index contributed by atoms with van der Waals surface area (Å²) in [5, 5.41) is 23.7. The fourth-order valence-corrected chi connectivity index (χ4v) is 6.07. The summed E-state index contributed by atoms with van der Waals surface area (Å²) in [6.07, 6.45) is 1.39. The van der Waals surface area contributed by atoms with E-state index in [-0.39, 0.29) is 22.3 Å². The Labute approximate surface area is 227 Å². The van der Waals surface area contributed by atoms with E-state index in [2.05, 4.69) is 20.9 Å². The summed E-state index contributed by atoms with van der Waals surface area (Å²) in [6, 6.07) is 15.2. The van der Waals surface area contributed by atoms with Gasteiger partial charge in [-0.05, 0) is 42.3 Å². The minimum Gasteiger partial charge on any atom is -0.502 e. The summed E-state index contributed by atoms with van der Waals surface area (Å²) in [4.78, 5) is 42.6. The summed E-state index contributed by atoms with van der Waals surface area (Å²) in [5.74, 6) is -1.13. The van der Waals surface area contributed by atoms with E-state index in [1.54, 1.807) is 13.8 Å².